The van der Waals surface area contributed by atoms with Crippen molar-refractivity contribution in [3.8, 4) is 22.8 Å². The van der Waals surface area contributed by atoms with Crippen LogP contribution in [0, 0.1) is 5.92 Å². The quantitative estimate of drug-likeness (QED) is 0.539. The Kier molecular flexibility index (Phi) is 6.96. The summed E-state index contributed by atoms with van der Waals surface area (Å²) in [4.78, 5) is 25.3. The summed E-state index contributed by atoms with van der Waals surface area (Å²) in [5, 5.41) is 9.33. The maximum absolute atomic E-state index is 12.7. The molecular formula is C22H25N3O6. The van der Waals surface area contributed by atoms with Gasteiger partial charge in [0.05, 0.1) is 32.6 Å². The minimum Gasteiger partial charge on any atom is -0.497 e. The molecule has 2 heterocycles. The molecule has 0 spiro atoms. The van der Waals surface area contributed by atoms with E-state index in [0.29, 0.717) is 28.6 Å². The number of furan rings is 1. The van der Waals surface area contributed by atoms with Crippen molar-refractivity contribution in [3.05, 3.63) is 54.1 Å². The van der Waals surface area contributed by atoms with Crippen LogP contribution >= 0.6 is 0 Å². The molecule has 0 saturated heterocycles. The van der Waals surface area contributed by atoms with Gasteiger partial charge in [-0.1, -0.05) is 19.0 Å². The summed E-state index contributed by atoms with van der Waals surface area (Å²) >= 11 is 0. The lowest BCUT2D eigenvalue weighted by Gasteiger charge is -2.20. The molecule has 31 heavy (non-hydrogen) atoms. The molecule has 3 rings (SSSR count). The Labute approximate surface area is 179 Å². The third-order valence-electron chi connectivity index (χ3n) is 4.67. The fourth-order valence-electron chi connectivity index (χ4n) is 2.96. The molecule has 0 unspecified atom stereocenters. The van der Waals surface area contributed by atoms with Gasteiger partial charge in [-0.05, 0) is 30.2 Å². The van der Waals surface area contributed by atoms with Crippen molar-refractivity contribution in [1.82, 2.24) is 15.8 Å². The van der Waals surface area contributed by atoms with E-state index in [4.69, 9.17) is 18.4 Å². The average Bonchev–Trinajstić information content (AvgIpc) is 3.47. The van der Waals surface area contributed by atoms with Crippen molar-refractivity contribution < 1.29 is 28.0 Å². The molecule has 0 bridgehead atoms. The van der Waals surface area contributed by atoms with Gasteiger partial charge in [0.1, 0.15) is 23.3 Å². The molecule has 0 aliphatic heterocycles. The van der Waals surface area contributed by atoms with Crippen molar-refractivity contribution >= 4 is 11.8 Å². The number of methoxy groups -OCH3 is 2. The van der Waals surface area contributed by atoms with E-state index in [0.717, 1.165) is 0 Å². The van der Waals surface area contributed by atoms with Gasteiger partial charge in [0.25, 0.3) is 5.91 Å². The van der Waals surface area contributed by atoms with Crippen LogP contribution < -0.4 is 20.1 Å². The Balaban J connectivity index is 1.71. The molecular weight excluding hydrogens is 402 g/mol. The molecule has 0 saturated carbocycles. The standard InChI is InChI=1S/C22H25N3O6/c1-13(2)20(22(27)23-12-15-6-5-9-30-15)24-21(26)17-11-19(31-25-17)16-8-7-14(28-3)10-18(16)29-4/h5-11,13,20H,12H2,1-4H3,(H,23,27)(H,24,26)/t20-/m1/s1. The summed E-state index contributed by atoms with van der Waals surface area (Å²) in [6.07, 6.45) is 1.53. The second-order valence-corrected chi connectivity index (χ2v) is 7.13. The van der Waals surface area contributed by atoms with E-state index in [-0.39, 0.29) is 24.1 Å². The molecule has 9 nitrogen and oxygen atoms in total. The van der Waals surface area contributed by atoms with Gasteiger partial charge in [-0.25, -0.2) is 0 Å². The highest BCUT2D eigenvalue weighted by atomic mass is 16.5. The van der Waals surface area contributed by atoms with Crippen LogP contribution in [0.1, 0.15) is 30.1 Å². The molecule has 2 aromatic heterocycles. The molecule has 9 heteroatoms. The van der Waals surface area contributed by atoms with Gasteiger partial charge >= 0.3 is 0 Å². The fourth-order valence-corrected chi connectivity index (χ4v) is 2.96. The van der Waals surface area contributed by atoms with Crippen molar-refractivity contribution in [3.63, 3.8) is 0 Å². The first kappa shape index (κ1) is 21.9. The van der Waals surface area contributed by atoms with E-state index in [1.54, 1.807) is 37.4 Å². The van der Waals surface area contributed by atoms with Crippen molar-refractivity contribution in [2.45, 2.75) is 26.4 Å². The zero-order valence-corrected chi connectivity index (χ0v) is 17.8. The number of aromatic nitrogens is 1. The van der Waals surface area contributed by atoms with Gasteiger partial charge in [0, 0.05) is 12.1 Å². The first-order valence-corrected chi connectivity index (χ1v) is 9.73. The Morgan fingerprint density at radius 2 is 1.94 bits per heavy atom. The number of benzene rings is 1. The van der Waals surface area contributed by atoms with Gasteiger partial charge in [-0.3, -0.25) is 9.59 Å². The summed E-state index contributed by atoms with van der Waals surface area (Å²) in [5.74, 6) is 1.13. The molecule has 0 aliphatic carbocycles. The lowest BCUT2D eigenvalue weighted by atomic mass is 10.0. The topological polar surface area (TPSA) is 116 Å². The molecule has 2 amide bonds. The largest absolute Gasteiger partial charge is 0.497 e. The van der Waals surface area contributed by atoms with Crippen LogP contribution in [0.2, 0.25) is 0 Å². The number of ether oxygens (including phenoxy) is 2. The third-order valence-corrected chi connectivity index (χ3v) is 4.67. The van der Waals surface area contributed by atoms with Crippen molar-refractivity contribution in [2.75, 3.05) is 14.2 Å². The zero-order chi connectivity index (χ0) is 22.4. The number of amides is 2. The normalized spacial score (nSPS) is 11.8. The number of carbonyl (C=O) groups is 2. The van der Waals surface area contributed by atoms with E-state index in [1.807, 2.05) is 13.8 Å². The first-order chi connectivity index (χ1) is 14.9. The summed E-state index contributed by atoms with van der Waals surface area (Å²) in [5.41, 5.74) is 0.670. The van der Waals surface area contributed by atoms with E-state index in [9.17, 15) is 9.59 Å². The smallest absolute Gasteiger partial charge is 0.274 e. The maximum Gasteiger partial charge on any atom is 0.274 e. The van der Waals surface area contributed by atoms with Crippen LogP contribution in [0.15, 0.2) is 51.6 Å². The van der Waals surface area contributed by atoms with Crippen molar-refractivity contribution in [1.29, 1.82) is 0 Å². The van der Waals surface area contributed by atoms with Gasteiger partial charge in [-0.2, -0.15) is 0 Å². The maximum atomic E-state index is 12.7. The van der Waals surface area contributed by atoms with E-state index in [1.165, 1.54) is 19.4 Å². The number of carbonyl (C=O) groups excluding carboxylic acids is 2. The molecule has 0 aliphatic rings. The summed E-state index contributed by atoms with van der Waals surface area (Å²) in [7, 11) is 3.08. The van der Waals surface area contributed by atoms with Gasteiger partial charge in [0.15, 0.2) is 11.5 Å². The van der Waals surface area contributed by atoms with Crippen LogP contribution in [0.25, 0.3) is 11.3 Å². The molecule has 2 N–H and O–H groups in total. The van der Waals surface area contributed by atoms with Crippen LogP contribution in [0.3, 0.4) is 0 Å². The van der Waals surface area contributed by atoms with Crippen LogP contribution in [0.5, 0.6) is 11.5 Å². The number of hydrogen-bond donors (Lipinski definition) is 2. The molecule has 0 radical (unpaired) electrons. The predicted molar refractivity (Wildman–Crippen MR) is 112 cm³/mol. The average molecular weight is 427 g/mol. The minimum atomic E-state index is -0.752. The number of rotatable bonds is 9. The molecule has 164 valence electrons. The lowest BCUT2D eigenvalue weighted by Crippen LogP contribution is -2.49. The third kappa shape index (κ3) is 5.25. The second kappa shape index (κ2) is 9.84. The van der Waals surface area contributed by atoms with Gasteiger partial charge < -0.3 is 29.0 Å². The monoisotopic (exact) mass is 427 g/mol. The first-order valence-electron chi connectivity index (χ1n) is 9.73. The molecule has 1 atom stereocenters. The van der Waals surface area contributed by atoms with E-state index in [2.05, 4.69) is 15.8 Å². The fraction of sp³-hybridized carbons (Fsp3) is 0.318. The highest BCUT2D eigenvalue weighted by molar-refractivity contribution is 5.96. The van der Waals surface area contributed by atoms with Gasteiger partial charge in [0.2, 0.25) is 5.91 Å². The number of nitrogens with one attached hydrogen (secondary N) is 2. The molecule has 1 aromatic carbocycles. The highest BCUT2D eigenvalue weighted by Crippen LogP contribution is 2.33. The van der Waals surface area contributed by atoms with E-state index < -0.39 is 11.9 Å². The number of hydrogen-bond acceptors (Lipinski definition) is 7. The Morgan fingerprint density at radius 1 is 1.13 bits per heavy atom. The zero-order valence-electron chi connectivity index (χ0n) is 17.8. The molecule has 0 fully saturated rings. The Hall–Kier alpha value is -3.75. The highest BCUT2D eigenvalue weighted by Gasteiger charge is 2.26. The van der Waals surface area contributed by atoms with Gasteiger partial charge in [-0.15, -0.1) is 0 Å². The Morgan fingerprint density at radius 3 is 2.58 bits per heavy atom. The SMILES string of the molecule is COc1ccc(-c2cc(C(=O)N[C@@H](C(=O)NCc3ccco3)C(C)C)no2)c(OC)c1. The summed E-state index contributed by atoms with van der Waals surface area (Å²) in [6.45, 7) is 3.91. The van der Waals surface area contributed by atoms with Crippen molar-refractivity contribution in [2.24, 2.45) is 5.92 Å². The number of nitrogens with zero attached hydrogens (tertiary/aromatic N) is 1. The van der Waals surface area contributed by atoms with Crippen LogP contribution in [0.4, 0.5) is 0 Å². The predicted octanol–water partition coefficient (Wildman–Crippen LogP) is 3.02. The summed E-state index contributed by atoms with van der Waals surface area (Å²) < 4.78 is 21.1. The minimum absolute atomic E-state index is 0.0531. The summed E-state index contributed by atoms with van der Waals surface area (Å²) in [6, 6.07) is 9.44. The van der Waals surface area contributed by atoms with E-state index >= 15 is 0 Å². The van der Waals surface area contributed by atoms with Crippen LogP contribution in [-0.4, -0.2) is 37.2 Å². The second-order valence-electron chi connectivity index (χ2n) is 7.13. The Bertz CT molecular complexity index is 1030. The lowest BCUT2D eigenvalue weighted by molar-refractivity contribution is -0.124. The molecule has 3 aromatic rings. The van der Waals surface area contributed by atoms with Crippen LogP contribution in [-0.2, 0) is 11.3 Å².